The Morgan fingerprint density at radius 2 is 1.89 bits per heavy atom. The van der Waals surface area contributed by atoms with E-state index in [0.29, 0.717) is 20.7 Å². The highest BCUT2D eigenvalue weighted by Gasteiger charge is 2.38. The number of hydrazone groups is 1. The molecule has 1 atom stereocenters. The summed E-state index contributed by atoms with van der Waals surface area (Å²) in [5.74, 6) is -2.95. The van der Waals surface area contributed by atoms with Crippen molar-refractivity contribution in [1.29, 1.82) is 0 Å². The number of nitrogens with zero attached hydrogens (tertiary/aromatic N) is 2. The summed E-state index contributed by atoms with van der Waals surface area (Å²) in [4.78, 5) is 38.3. The quantitative estimate of drug-likeness (QED) is 0.305. The Morgan fingerprint density at radius 1 is 1.21 bits per heavy atom. The number of amides is 3. The normalized spacial score (nSPS) is 17.0. The number of anilines is 1. The Labute approximate surface area is 178 Å². The lowest BCUT2D eigenvalue weighted by atomic mass is 10.1. The predicted octanol–water partition coefficient (Wildman–Crippen LogP) is 2.88. The average Bonchev–Trinajstić information content (AvgIpc) is 2.66. The van der Waals surface area contributed by atoms with Crippen LogP contribution >= 0.6 is 39.7 Å². The van der Waals surface area contributed by atoms with Gasteiger partial charge in [-0.2, -0.15) is 5.10 Å². The molecule has 1 aliphatic rings. The Balaban J connectivity index is 1.76. The van der Waals surface area contributed by atoms with E-state index in [1.807, 2.05) is 0 Å². The lowest BCUT2D eigenvalue weighted by Gasteiger charge is -2.30. The van der Waals surface area contributed by atoms with Gasteiger partial charge in [-0.15, -0.1) is 0 Å². The summed E-state index contributed by atoms with van der Waals surface area (Å²) in [6.07, 6.45) is 1.07. The van der Waals surface area contributed by atoms with Crippen LogP contribution in [-0.4, -0.2) is 29.0 Å². The van der Waals surface area contributed by atoms with Crippen LogP contribution in [0.4, 0.5) is 5.69 Å². The zero-order chi connectivity index (χ0) is 20.3. The van der Waals surface area contributed by atoms with Crippen LogP contribution in [0.25, 0.3) is 0 Å². The topological polar surface area (TPSA) is 90.9 Å². The van der Waals surface area contributed by atoms with Crippen LogP contribution in [0.2, 0.25) is 5.02 Å². The Kier molecular flexibility index (Phi) is 6.18. The highest BCUT2D eigenvalue weighted by molar-refractivity contribution is 9.10. The molecule has 3 amide bonds. The third-order valence-corrected chi connectivity index (χ3v) is 5.02. The van der Waals surface area contributed by atoms with E-state index >= 15 is 0 Å². The van der Waals surface area contributed by atoms with Gasteiger partial charge in [-0.1, -0.05) is 23.7 Å². The molecule has 1 heterocycles. The van der Waals surface area contributed by atoms with Crippen molar-refractivity contribution in [2.45, 2.75) is 0 Å². The second-order valence-electron chi connectivity index (χ2n) is 5.62. The number of carbonyl (C=O) groups is 3. The highest BCUT2D eigenvalue weighted by Crippen LogP contribution is 2.22. The molecule has 142 valence electrons. The minimum atomic E-state index is -1.25. The Hall–Kier alpha value is -2.62. The van der Waals surface area contributed by atoms with E-state index in [2.05, 4.69) is 31.8 Å². The lowest BCUT2D eigenvalue weighted by molar-refractivity contribution is -0.130. The van der Waals surface area contributed by atoms with Gasteiger partial charge in [0.25, 0.3) is 11.8 Å². The minimum absolute atomic E-state index is 0.0424. The number of hydrogen-bond donors (Lipinski definition) is 2. The first-order chi connectivity index (χ1) is 13.4. The molecule has 1 aliphatic heterocycles. The van der Waals surface area contributed by atoms with Crippen molar-refractivity contribution in [3.8, 4) is 0 Å². The maximum Gasteiger partial charge on any atom is 0.272 e. The van der Waals surface area contributed by atoms with E-state index < -0.39 is 23.6 Å². The summed E-state index contributed by atoms with van der Waals surface area (Å²) in [7, 11) is 0. The van der Waals surface area contributed by atoms with Crippen molar-refractivity contribution in [2.24, 2.45) is 11.0 Å². The molecule has 7 nitrogen and oxygen atoms in total. The Bertz CT molecular complexity index is 997. The first kappa shape index (κ1) is 20.1. The average molecular weight is 480 g/mol. The van der Waals surface area contributed by atoms with Crippen LogP contribution in [0.3, 0.4) is 0 Å². The van der Waals surface area contributed by atoms with Crippen molar-refractivity contribution >= 4 is 74.5 Å². The van der Waals surface area contributed by atoms with Gasteiger partial charge in [0.15, 0.2) is 11.0 Å². The molecule has 0 unspecified atom stereocenters. The zero-order valence-corrected chi connectivity index (χ0v) is 17.2. The SMILES string of the molecule is O=C(N/N=C\[C@@H]1C(=O)NC(=S)N(c2ccc(Cl)cc2)C1=O)c1ccccc1Br. The fourth-order valence-electron chi connectivity index (χ4n) is 2.43. The van der Waals surface area contributed by atoms with Crippen molar-refractivity contribution in [3.63, 3.8) is 0 Å². The molecule has 3 rings (SSSR count). The first-order valence-corrected chi connectivity index (χ1v) is 9.49. The molecule has 1 fully saturated rings. The maximum absolute atomic E-state index is 12.8. The Morgan fingerprint density at radius 3 is 2.57 bits per heavy atom. The summed E-state index contributed by atoms with van der Waals surface area (Å²) in [5, 5.41) is 6.67. The number of carbonyl (C=O) groups excluding carboxylic acids is 3. The molecular formula is C18H12BrClN4O3S. The van der Waals surface area contributed by atoms with Gasteiger partial charge in [-0.05, 0) is 64.5 Å². The molecule has 2 N–H and O–H groups in total. The van der Waals surface area contributed by atoms with Crippen LogP contribution in [-0.2, 0) is 9.59 Å². The van der Waals surface area contributed by atoms with Crippen LogP contribution in [0.5, 0.6) is 0 Å². The fraction of sp³-hybridized carbons (Fsp3) is 0.0556. The fourth-order valence-corrected chi connectivity index (χ4v) is 3.32. The molecule has 28 heavy (non-hydrogen) atoms. The minimum Gasteiger partial charge on any atom is -0.301 e. The molecule has 0 radical (unpaired) electrons. The van der Waals surface area contributed by atoms with Crippen LogP contribution in [0.1, 0.15) is 10.4 Å². The van der Waals surface area contributed by atoms with Crippen molar-refractivity contribution < 1.29 is 14.4 Å². The molecule has 0 aliphatic carbocycles. The predicted molar refractivity (Wildman–Crippen MR) is 113 cm³/mol. The number of nitrogens with one attached hydrogen (secondary N) is 2. The molecule has 2 aromatic rings. The van der Waals surface area contributed by atoms with Crippen molar-refractivity contribution in [2.75, 3.05) is 4.90 Å². The molecule has 0 spiro atoms. The summed E-state index contributed by atoms with van der Waals surface area (Å²) in [5.41, 5.74) is 3.12. The summed E-state index contributed by atoms with van der Waals surface area (Å²) in [6.45, 7) is 0. The molecule has 1 saturated heterocycles. The van der Waals surface area contributed by atoms with E-state index in [1.165, 1.54) is 4.90 Å². The van der Waals surface area contributed by atoms with Crippen LogP contribution in [0.15, 0.2) is 58.1 Å². The van der Waals surface area contributed by atoms with Gasteiger partial charge in [-0.25, -0.2) is 5.43 Å². The van der Waals surface area contributed by atoms with E-state index in [4.69, 9.17) is 23.8 Å². The number of thiocarbonyl (C=S) groups is 1. The van der Waals surface area contributed by atoms with Gasteiger partial charge < -0.3 is 5.32 Å². The highest BCUT2D eigenvalue weighted by atomic mass is 79.9. The standard InChI is InChI=1S/C18H12BrClN4O3S/c19-14-4-2-1-3-12(14)16(26)23-21-9-13-15(25)22-18(28)24(17(13)27)11-7-5-10(20)6-8-11/h1-9,13H,(H,23,26)(H,22,25,28)/b21-9-/t13-/m1/s1. The van der Waals surface area contributed by atoms with Gasteiger partial charge >= 0.3 is 0 Å². The zero-order valence-electron chi connectivity index (χ0n) is 14.1. The number of halogens is 2. The van der Waals surface area contributed by atoms with Gasteiger partial charge in [-0.3, -0.25) is 19.3 Å². The van der Waals surface area contributed by atoms with Gasteiger partial charge in [0, 0.05) is 15.7 Å². The molecular weight excluding hydrogens is 468 g/mol. The number of hydrogen-bond acceptors (Lipinski definition) is 5. The third-order valence-electron chi connectivity index (χ3n) is 3.80. The molecule has 0 saturated carbocycles. The van der Waals surface area contributed by atoms with Gasteiger partial charge in [0.05, 0.1) is 11.3 Å². The number of rotatable bonds is 4. The summed E-state index contributed by atoms with van der Waals surface area (Å²) in [6, 6.07) is 13.2. The summed E-state index contributed by atoms with van der Waals surface area (Å²) >= 11 is 14.2. The van der Waals surface area contributed by atoms with Crippen molar-refractivity contribution in [1.82, 2.24) is 10.7 Å². The second kappa shape index (κ2) is 8.59. The van der Waals surface area contributed by atoms with Gasteiger partial charge in [0.2, 0.25) is 5.91 Å². The smallest absolute Gasteiger partial charge is 0.272 e. The molecule has 2 aromatic carbocycles. The third kappa shape index (κ3) is 4.27. The van der Waals surface area contributed by atoms with Crippen LogP contribution < -0.4 is 15.6 Å². The van der Waals surface area contributed by atoms with E-state index in [9.17, 15) is 14.4 Å². The van der Waals surface area contributed by atoms with E-state index in [1.54, 1.807) is 48.5 Å². The maximum atomic E-state index is 12.8. The monoisotopic (exact) mass is 478 g/mol. The number of benzene rings is 2. The second-order valence-corrected chi connectivity index (χ2v) is 7.30. The van der Waals surface area contributed by atoms with E-state index in [0.717, 1.165) is 6.21 Å². The van der Waals surface area contributed by atoms with Gasteiger partial charge in [0.1, 0.15) is 0 Å². The van der Waals surface area contributed by atoms with E-state index in [-0.39, 0.29) is 5.11 Å². The largest absolute Gasteiger partial charge is 0.301 e. The molecule has 0 bridgehead atoms. The first-order valence-electron chi connectivity index (χ1n) is 7.91. The molecule has 0 aromatic heterocycles. The summed E-state index contributed by atoms with van der Waals surface area (Å²) < 4.78 is 0.591. The lowest BCUT2D eigenvalue weighted by Crippen LogP contribution is -2.58. The molecule has 10 heteroatoms. The van der Waals surface area contributed by atoms with Crippen LogP contribution in [0, 0.1) is 5.92 Å². The van der Waals surface area contributed by atoms with Crippen molar-refractivity contribution in [3.05, 3.63) is 63.6 Å².